The van der Waals surface area contributed by atoms with Crippen molar-refractivity contribution < 1.29 is 21.8 Å². The van der Waals surface area contributed by atoms with Gasteiger partial charge in [-0.25, -0.2) is 0 Å². The quantitative estimate of drug-likeness (QED) is 0.527. The number of aryl methyl sites for hydroxylation is 1. The lowest BCUT2D eigenvalue weighted by Crippen LogP contribution is -2.46. The van der Waals surface area contributed by atoms with Crippen LogP contribution in [0.3, 0.4) is 0 Å². The monoisotopic (exact) mass is 400 g/mol. The van der Waals surface area contributed by atoms with E-state index in [0.29, 0.717) is 13.0 Å². The lowest BCUT2D eigenvalue weighted by atomic mass is 10.1. The van der Waals surface area contributed by atoms with E-state index in [1.54, 1.807) is 24.3 Å². The first-order chi connectivity index (χ1) is 11.9. The van der Waals surface area contributed by atoms with Gasteiger partial charge in [0.1, 0.15) is 0 Å². The zero-order valence-electron chi connectivity index (χ0n) is 16.7. The van der Waals surface area contributed by atoms with E-state index in [4.69, 9.17) is 13.3 Å². The van der Waals surface area contributed by atoms with E-state index in [0.717, 1.165) is 12.0 Å². The molecule has 0 amide bonds. The maximum absolute atomic E-state index is 12.3. The van der Waals surface area contributed by atoms with E-state index in [-0.39, 0.29) is 28.7 Å². The highest BCUT2D eigenvalue weighted by Crippen LogP contribution is 2.38. The van der Waals surface area contributed by atoms with Crippen LogP contribution in [0.4, 0.5) is 0 Å². The highest BCUT2D eigenvalue weighted by atomic mass is 32.2. The van der Waals surface area contributed by atoms with E-state index in [9.17, 15) is 8.42 Å². The first-order valence-electron chi connectivity index (χ1n) is 9.16. The molecule has 0 radical (unpaired) electrons. The maximum Gasteiger partial charge on any atom is 0.297 e. The Hall–Kier alpha value is -0.733. The molecule has 2 atom stereocenters. The summed E-state index contributed by atoms with van der Waals surface area (Å²) >= 11 is 0. The third kappa shape index (κ3) is 5.63. The molecule has 148 valence electrons. The van der Waals surface area contributed by atoms with Crippen LogP contribution in [0, 0.1) is 6.92 Å². The van der Waals surface area contributed by atoms with Crippen LogP contribution >= 0.6 is 0 Å². The topological polar surface area (TPSA) is 61.8 Å². The third-order valence-electron chi connectivity index (χ3n) is 5.31. The molecular formula is C19H32O5SSi. The average molecular weight is 401 g/mol. The second kappa shape index (κ2) is 8.10. The Morgan fingerprint density at radius 2 is 1.81 bits per heavy atom. The van der Waals surface area contributed by atoms with Crippen molar-refractivity contribution in [2.45, 2.75) is 75.8 Å². The van der Waals surface area contributed by atoms with Crippen molar-refractivity contribution in [2.75, 3.05) is 13.2 Å². The summed E-state index contributed by atoms with van der Waals surface area (Å²) in [4.78, 5) is 0.174. The SMILES string of the molecule is Cc1ccc(S(=O)(=O)OC[C@@H]2C[C@H](O[Si](C)(C)C(C)(C)C)CCO2)cc1. The van der Waals surface area contributed by atoms with Crippen LogP contribution in [0.5, 0.6) is 0 Å². The Kier molecular flexibility index (Phi) is 6.72. The Bertz CT molecular complexity index is 692. The average Bonchev–Trinajstić information content (AvgIpc) is 2.52. The Morgan fingerprint density at radius 1 is 1.19 bits per heavy atom. The van der Waals surface area contributed by atoms with Crippen LogP contribution in [-0.2, 0) is 23.5 Å². The minimum atomic E-state index is -3.76. The number of benzene rings is 1. The second-order valence-corrected chi connectivity index (χ2v) is 14.9. The molecule has 5 nitrogen and oxygen atoms in total. The summed E-state index contributed by atoms with van der Waals surface area (Å²) in [5.74, 6) is 0. The maximum atomic E-state index is 12.3. The van der Waals surface area contributed by atoms with E-state index in [1.165, 1.54) is 0 Å². The number of rotatable bonds is 6. The Labute approximate surface area is 159 Å². The Balaban J connectivity index is 1.93. The van der Waals surface area contributed by atoms with E-state index < -0.39 is 18.4 Å². The molecule has 0 unspecified atom stereocenters. The van der Waals surface area contributed by atoms with E-state index in [2.05, 4.69) is 33.9 Å². The third-order valence-corrected chi connectivity index (χ3v) is 11.1. The molecule has 1 aliphatic rings. The molecule has 1 saturated heterocycles. The van der Waals surface area contributed by atoms with Gasteiger partial charge in [0, 0.05) is 19.1 Å². The van der Waals surface area contributed by atoms with Gasteiger partial charge in [-0.15, -0.1) is 0 Å². The second-order valence-electron chi connectivity index (χ2n) is 8.57. The molecular weight excluding hydrogens is 368 g/mol. The molecule has 0 spiro atoms. The van der Waals surface area contributed by atoms with Crippen LogP contribution in [0.2, 0.25) is 18.1 Å². The number of ether oxygens (including phenoxy) is 1. The first kappa shape index (κ1) is 21.6. The lowest BCUT2D eigenvalue weighted by molar-refractivity contribution is -0.0553. The van der Waals surface area contributed by atoms with E-state index >= 15 is 0 Å². The summed E-state index contributed by atoms with van der Waals surface area (Å²) in [6.45, 7) is 13.6. The van der Waals surface area contributed by atoms with Crippen molar-refractivity contribution in [2.24, 2.45) is 0 Å². The van der Waals surface area contributed by atoms with Crippen molar-refractivity contribution in [3.05, 3.63) is 29.8 Å². The minimum Gasteiger partial charge on any atom is -0.414 e. The number of hydrogen-bond acceptors (Lipinski definition) is 5. The van der Waals surface area contributed by atoms with Crippen molar-refractivity contribution in [3.63, 3.8) is 0 Å². The predicted molar refractivity (Wildman–Crippen MR) is 105 cm³/mol. The summed E-state index contributed by atoms with van der Waals surface area (Å²) in [6, 6.07) is 6.65. The van der Waals surface area contributed by atoms with Crippen molar-refractivity contribution in [1.82, 2.24) is 0 Å². The van der Waals surface area contributed by atoms with Crippen LogP contribution in [0.15, 0.2) is 29.2 Å². The standard InChI is InChI=1S/C19H32O5SSi/c1-15-7-9-18(10-8-15)25(20,21)23-14-17-13-16(11-12-22-17)24-26(5,6)19(2,3)4/h7-10,16-17H,11-14H2,1-6H3/t16-,17+/m1/s1. The summed E-state index contributed by atoms with van der Waals surface area (Å²) < 4.78 is 42.1. The summed E-state index contributed by atoms with van der Waals surface area (Å²) in [5.41, 5.74) is 1.00. The normalized spacial score (nSPS) is 22.4. The molecule has 1 heterocycles. The molecule has 0 N–H and O–H groups in total. The summed E-state index contributed by atoms with van der Waals surface area (Å²) in [7, 11) is -5.62. The van der Waals surface area contributed by atoms with Gasteiger partial charge in [0.25, 0.3) is 10.1 Å². The smallest absolute Gasteiger partial charge is 0.297 e. The summed E-state index contributed by atoms with van der Waals surface area (Å²) in [6.07, 6.45) is 1.34. The van der Waals surface area contributed by atoms with Gasteiger partial charge in [-0.1, -0.05) is 38.5 Å². The van der Waals surface area contributed by atoms with Crippen molar-refractivity contribution in [1.29, 1.82) is 0 Å². The molecule has 0 saturated carbocycles. The molecule has 2 rings (SSSR count). The zero-order valence-corrected chi connectivity index (χ0v) is 18.6. The Morgan fingerprint density at radius 3 is 2.38 bits per heavy atom. The van der Waals surface area contributed by atoms with Crippen LogP contribution in [-0.4, -0.2) is 42.2 Å². The van der Waals surface area contributed by atoms with Crippen molar-refractivity contribution >= 4 is 18.4 Å². The van der Waals surface area contributed by atoms with Gasteiger partial charge in [0.15, 0.2) is 8.32 Å². The van der Waals surface area contributed by atoms with Gasteiger partial charge < -0.3 is 9.16 Å². The number of hydrogen-bond donors (Lipinski definition) is 0. The largest absolute Gasteiger partial charge is 0.414 e. The first-order valence-corrected chi connectivity index (χ1v) is 13.5. The van der Waals surface area contributed by atoms with Gasteiger partial charge >= 0.3 is 0 Å². The van der Waals surface area contributed by atoms with Gasteiger partial charge in [-0.2, -0.15) is 8.42 Å². The molecule has 0 aliphatic carbocycles. The van der Waals surface area contributed by atoms with Crippen molar-refractivity contribution in [3.8, 4) is 0 Å². The highest BCUT2D eigenvalue weighted by Gasteiger charge is 2.40. The van der Waals surface area contributed by atoms with Gasteiger partial charge in [0.2, 0.25) is 0 Å². The van der Waals surface area contributed by atoms with Crippen LogP contribution in [0.25, 0.3) is 0 Å². The summed E-state index contributed by atoms with van der Waals surface area (Å²) in [5, 5.41) is 0.145. The molecule has 1 aliphatic heterocycles. The van der Waals surface area contributed by atoms with Crippen LogP contribution in [0.1, 0.15) is 39.2 Å². The molecule has 7 heteroatoms. The molecule has 26 heavy (non-hydrogen) atoms. The van der Waals surface area contributed by atoms with Gasteiger partial charge in [-0.05, 0) is 43.6 Å². The molecule has 1 aromatic carbocycles. The fraction of sp³-hybridized carbons (Fsp3) is 0.684. The van der Waals surface area contributed by atoms with Crippen LogP contribution < -0.4 is 0 Å². The molecule has 1 fully saturated rings. The fourth-order valence-electron chi connectivity index (χ4n) is 2.60. The minimum absolute atomic E-state index is 0.0214. The molecule has 0 aromatic heterocycles. The van der Waals surface area contributed by atoms with Gasteiger partial charge in [0.05, 0.1) is 17.6 Å². The zero-order chi connectivity index (χ0) is 19.6. The van der Waals surface area contributed by atoms with E-state index in [1.807, 2.05) is 6.92 Å². The van der Waals surface area contributed by atoms with Gasteiger partial charge in [-0.3, -0.25) is 4.18 Å². The lowest BCUT2D eigenvalue weighted by Gasteiger charge is -2.41. The molecule has 0 bridgehead atoms. The molecule has 1 aromatic rings. The fourth-order valence-corrected chi connectivity index (χ4v) is 4.94. The predicted octanol–water partition coefficient (Wildman–Crippen LogP) is 4.27. The highest BCUT2D eigenvalue weighted by molar-refractivity contribution is 7.86.